The highest BCUT2D eigenvalue weighted by molar-refractivity contribution is 6.31. The van der Waals surface area contributed by atoms with E-state index in [1.807, 2.05) is 0 Å². The second kappa shape index (κ2) is 4.68. The minimum Gasteiger partial charge on any atom is -0.383 e. The number of nitrogens with two attached hydrogens (primary N) is 1. The summed E-state index contributed by atoms with van der Waals surface area (Å²) in [4.78, 5) is 8.27. The van der Waals surface area contributed by atoms with Gasteiger partial charge in [0.25, 0.3) is 0 Å². The summed E-state index contributed by atoms with van der Waals surface area (Å²) < 4.78 is 26.7. The van der Waals surface area contributed by atoms with Gasteiger partial charge < -0.3 is 5.73 Å². The van der Waals surface area contributed by atoms with E-state index in [2.05, 4.69) is 9.97 Å². The van der Waals surface area contributed by atoms with Gasteiger partial charge in [-0.25, -0.2) is 18.7 Å². The Hall–Kier alpha value is -2.27. The van der Waals surface area contributed by atoms with Gasteiger partial charge in [0.1, 0.15) is 17.5 Å². The summed E-state index contributed by atoms with van der Waals surface area (Å²) in [6.45, 7) is 0. The second-order valence-corrected chi connectivity index (χ2v) is 4.65. The second-order valence-electron chi connectivity index (χ2n) is 4.22. The van der Waals surface area contributed by atoms with Crippen LogP contribution >= 0.6 is 11.6 Å². The molecule has 0 aliphatic carbocycles. The van der Waals surface area contributed by atoms with Crippen molar-refractivity contribution in [2.24, 2.45) is 0 Å². The first-order valence-electron chi connectivity index (χ1n) is 5.73. The van der Waals surface area contributed by atoms with Gasteiger partial charge in [0.2, 0.25) is 0 Å². The number of aromatic nitrogens is 2. The fraction of sp³-hybridized carbons (Fsp3) is 0. The molecule has 0 amide bonds. The molecule has 1 heterocycles. The molecule has 0 saturated heterocycles. The van der Waals surface area contributed by atoms with E-state index in [0.29, 0.717) is 15.9 Å². The zero-order valence-electron chi connectivity index (χ0n) is 10.1. The van der Waals surface area contributed by atoms with Crippen LogP contribution in [-0.2, 0) is 0 Å². The molecule has 3 aromatic rings. The summed E-state index contributed by atoms with van der Waals surface area (Å²) in [5.74, 6) is -1.10. The topological polar surface area (TPSA) is 51.8 Å². The van der Waals surface area contributed by atoms with E-state index >= 15 is 0 Å². The molecule has 0 bridgehead atoms. The maximum Gasteiger partial charge on any atom is 0.165 e. The van der Waals surface area contributed by atoms with Crippen LogP contribution in [0.4, 0.5) is 14.6 Å². The molecule has 0 spiro atoms. The van der Waals surface area contributed by atoms with Crippen LogP contribution in [0.1, 0.15) is 0 Å². The summed E-state index contributed by atoms with van der Waals surface area (Å²) >= 11 is 5.90. The standard InChI is InChI=1S/C14H8ClF2N3/c15-7-1-3-10-12(5-7)19-14(20-13(10)18)9-4-2-8(16)6-11(9)17/h1-6H,(H2,18,19,20). The lowest BCUT2D eigenvalue weighted by Gasteiger charge is -2.06. The lowest BCUT2D eigenvalue weighted by Crippen LogP contribution is -1.99. The molecule has 100 valence electrons. The van der Waals surface area contributed by atoms with E-state index in [4.69, 9.17) is 17.3 Å². The number of nitrogen functional groups attached to an aromatic ring is 1. The van der Waals surface area contributed by atoms with E-state index in [1.165, 1.54) is 6.07 Å². The molecular weight excluding hydrogens is 284 g/mol. The van der Waals surface area contributed by atoms with E-state index in [9.17, 15) is 8.78 Å². The number of benzene rings is 2. The maximum atomic E-state index is 13.8. The minimum absolute atomic E-state index is 0.0833. The normalized spacial score (nSPS) is 10.9. The zero-order chi connectivity index (χ0) is 14.3. The Labute approximate surface area is 118 Å². The van der Waals surface area contributed by atoms with Crippen molar-refractivity contribution in [2.75, 3.05) is 5.73 Å². The third-order valence-corrected chi connectivity index (χ3v) is 3.10. The van der Waals surface area contributed by atoms with Gasteiger partial charge in [0, 0.05) is 16.5 Å². The minimum atomic E-state index is -0.745. The average molecular weight is 292 g/mol. The molecule has 2 N–H and O–H groups in total. The Morgan fingerprint density at radius 2 is 1.80 bits per heavy atom. The first-order chi connectivity index (χ1) is 9.54. The summed E-state index contributed by atoms with van der Waals surface area (Å²) in [7, 11) is 0. The van der Waals surface area contributed by atoms with E-state index in [1.54, 1.807) is 18.2 Å². The lowest BCUT2D eigenvalue weighted by atomic mass is 10.1. The molecule has 6 heteroatoms. The van der Waals surface area contributed by atoms with Crippen LogP contribution in [0.2, 0.25) is 5.02 Å². The molecule has 0 saturated carbocycles. The number of rotatable bonds is 1. The third kappa shape index (κ3) is 2.16. The monoisotopic (exact) mass is 291 g/mol. The van der Waals surface area contributed by atoms with Crippen molar-refractivity contribution < 1.29 is 8.78 Å². The Kier molecular flexibility index (Phi) is 2.99. The van der Waals surface area contributed by atoms with Crippen LogP contribution in [0, 0.1) is 11.6 Å². The smallest absolute Gasteiger partial charge is 0.165 e. The molecule has 20 heavy (non-hydrogen) atoms. The number of hydrogen-bond donors (Lipinski definition) is 1. The Morgan fingerprint density at radius 1 is 1.00 bits per heavy atom. The van der Waals surface area contributed by atoms with E-state index in [-0.39, 0.29) is 17.2 Å². The van der Waals surface area contributed by atoms with Crippen LogP contribution in [0.15, 0.2) is 36.4 Å². The third-order valence-electron chi connectivity index (χ3n) is 2.86. The predicted octanol–water partition coefficient (Wildman–Crippen LogP) is 3.81. The molecule has 0 unspecified atom stereocenters. The highest BCUT2D eigenvalue weighted by Gasteiger charge is 2.12. The van der Waals surface area contributed by atoms with E-state index in [0.717, 1.165) is 12.1 Å². The molecule has 0 aliphatic rings. The molecule has 0 radical (unpaired) electrons. The van der Waals surface area contributed by atoms with Crippen molar-refractivity contribution in [1.29, 1.82) is 0 Å². The van der Waals surface area contributed by atoms with Crippen molar-refractivity contribution in [2.45, 2.75) is 0 Å². The Balaban J connectivity index is 2.26. The summed E-state index contributed by atoms with van der Waals surface area (Å²) in [5.41, 5.74) is 6.42. The largest absolute Gasteiger partial charge is 0.383 e. The molecular formula is C14H8ClF2N3. The fourth-order valence-electron chi connectivity index (χ4n) is 1.92. The molecule has 2 aromatic carbocycles. The van der Waals surface area contributed by atoms with Crippen molar-refractivity contribution >= 4 is 28.3 Å². The summed E-state index contributed by atoms with van der Waals surface area (Å²) in [5, 5.41) is 1.11. The highest BCUT2D eigenvalue weighted by Crippen LogP contribution is 2.26. The van der Waals surface area contributed by atoms with Crippen LogP contribution in [0.5, 0.6) is 0 Å². The van der Waals surface area contributed by atoms with Gasteiger partial charge in [-0.3, -0.25) is 0 Å². The Morgan fingerprint density at radius 3 is 2.55 bits per heavy atom. The van der Waals surface area contributed by atoms with Crippen molar-refractivity contribution in [3.8, 4) is 11.4 Å². The number of fused-ring (bicyclic) bond motifs is 1. The van der Waals surface area contributed by atoms with Crippen molar-refractivity contribution in [1.82, 2.24) is 9.97 Å². The highest BCUT2D eigenvalue weighted by atomic mass is 35.5. The van der Waals surface area contributed by atoms with Gasteiger partial charge in [-0.2, -0.15) is 0 Å². The molecule has 1 aromatic heterocycles. The molecule has 0 atom stereocenters. The van der Waals surface area contributed by atoms with Crippen LogP contribution in [-0.4, -0.2) is 9.97 Å². The van der Waals surface area contributed by atoms with Gasteiger partial charge in [-0.1, -0.05) is 11.6 Å². The molecule has 3 rings (SSSR count). The fourth-order valence-corrected chi connectivity index (χ4v) is 2.08. The van der Waals surface area contributed by atoms with Crippen molar-refractivity contribution in [3.05, 3.63) is 53.1 Å². The van der Waals surface area contributed by atoms with Gasteiger partial charge in [0.05, 0.1) is 11.1 Å². The molecule has 3 nitrogen and oxygen atoms in total. The number of halogens is 3. The molecule has 0 aliphatic heterocycles. The van der Waals surface area contributed by atoms with Gasteiger partial charge in [-0.05, 0) is 30.3 Å². The average Bonchev–Trinajstić information content (AvgIpc) is 2.37. The maximum absolute atomic E-state index is 13.8. The predicted molar refractivity (Wildman–Crippen MR) is 74.3 cm³/mol. The van der Waals surface area contributed by atoms with Gasteiger partial charge >= 0.3 is 0 Å². The molecule has 0 fully saturated rings. The van der Waals surface area contributed by atoms with Crippen LogP contribution < -0.4 is 5.73 Å². The van der Waals surface area contributed by atoms with Crippen LogP contribution in [0.3, 0.4) is 0 Å². The van der Waals surface area contributed by atoms with E-state index < -0.39 is 11.6 Å². The number of anilines is 1. The SMILES string of the molecule is Nc1nc(-c2ccc(F)cc2F)nc2cc(Cl)ccc12. The lowest BCUT2D eigenvalue weighted by molar-refractivity contribution is 0.585. The summed E-state index contributed by atoms with van der Waals surface area (Å²) in [6.07, 6.45) is 0. The van der Waals surface area contributed by atoms with Gasteiger partial charge in [0.15, 0.2) is 5.82 Å². The quantitative estimate of drug-likeness (QED) is 0.742. The summed E-state index contributed by atoms with van der Waals surface area (Å²) in [6, 6.07) is 8.16. The number of nitrogens with zero attached hydrogens (tertiary/aromatic N) is 2. The zero-order valence-corrected chi connectivity index (χ0v) is 10.8. The van der Waals surface area contributed by atoms with Gasteiger partial charge in [-0.15, -0.1) is 0 Å². The van der Waals surface area contributed by atoms with Crippen molar-refractivity contribution in [3.63, 3.8) is 0 Å². The number of hydrogen-bond acceptors (Lipinski definition) is 3. The first kappa shape index (κ1) is 12.7. The van der Waals surface area contributed by atoms with Crippen LogP contribution in [0.25, 0.3) is 22.3 Å². The Bertz CT molecular complexity index is 821. The first-order valence-corrected chi connectivity index (χ1v) is 6.10.